The van der Waals surface area contributed by atoms with Gasteiger partial charge in [-0.15, -0.1) is 0 Å². The maximum Gasteiger partial charge on any atom is 0.326 e. The Hall–Kier alpha value is -3.46. The number of carbonyl (C=O) groups is 5. The predicted molar refractivity (Wildman–Crippen MR) is 122 cm³/mol. The minimum Gasteiger partial charge on any atom is -0.481 e. The Labute approximate surface area is 197 Å². The number of amides is 3. The fourth-order valence-corrected chi connectivity index (χ4v) is 2.75. The molecule has 0 aliphatic heterocycles. The average molecular weight is 489 g/mol. The third-order valence-electron chi connectivity index (χ3n) is 4.59. The number of rotatable bonds is 18. The van der Waals surface area contributed by atoms with Crippen LogP contribution in [0.5, 0.6) is 0 Å². The number of aliphatic imine (C=N–C) groups is 1. The molecule has 0 saturated heterocycles. The Morgan fingerprint density at radius 3 is 2.09 bits per heavy atom. The van der Waals surface area contributed by atoms with E-state index in [1.807, 2.05) is 0 Å². The van der Waals surface area contributed by atoms with Gasteiger partial charge in [-0.3, -0.25) is 24.2 Å². The van der Waals surface area contributed by atoms with E-state index in [0.717, 1.165) is 0 Å². The highest BCUT2D eigenvalue weighted by atomic mass is 16.4. The maximum atomic E-state index is 12.6. The molecule has 0 aromatic rings. The normalized spacial score (nSPS) is 13.1. The number of nitrogens with one attached hydrogen (secondary N) is 3. The van der Waals surface area contributed by atoms with Crippen LogP contribution in [0.3, 0.4) is 0 Å². The Kier molecular flexibility index (Phi) is 15.3. The van der Waals surface area contributed by atoms with Gasteiger partial charge in [0.1, 0.15) is 12.1 Å². The summed E-state index contributed by atoms with van der Waals surface area (Å²) in [5.74, 6) is -4.88. The molecule has 0 rings (SSSR count). The van der Waals surface area contributed by atoms with Gasteiger partial charge in [-0.1, -0.05) is 6.42 Å². The maximum absolute atomic E-state index is 12.6. The molecule has 0 bridgehead atoms. The molecule has 34 heavy (non-hydrogen) atoms. The van der Waals surface area contributed by atoms with E-state index in [2.05, 4.69) is 20.9 Å². The Balaban J connectivity index is 5.01. The minimum absolute atomic E-state index is 0.0478. The van der Waals surface area contributed by atoms with Crippen LogP contribution in [-0.4, -0.2) is 83.6 Å². The number of hydrogen-bond donors (Lipinski definition) is 9. The number of carbonyl (C=O) groups excluding carboxylic acids is 3. The van der Waals surface area contributed by atoms with Crippen molar-refractivity contribution in [3.8, 4) is 0 Å². The number of guanidine groups is 1. The molecule has 0 heterocycles. The smallest absolute Gasteiger partial charge is 0.326 e. The summed E-state index contributed by atoms with van der Waals surface area (Å²) in [6.07, 6.45) is 1.25. The van der Waals surface area contributed by atoms with Crippen LogP contribution in [0.15, 0.2) is 4.99 Å². The van der Waals surface area contributed by atoms with Crippen molar-refractivity contribution in [2.24, 2.45) is 27.9 Å². The van der Waals surface area contributed by atoms with Gasteiger partial charge < -0.3 is 49.1 Å². The molecule has 3 atom stereocenters. The molecular formula is C19H36N8O7. The summed E-state index contributed by atoms with van der Waals surface area (Å²) in [6.45, 7) is 0.169. The van der Waals surface area contributed by atoms with E-state index in [4.69, 9.17) is 28.0 Å². The second-order valence-corrected chi connectivity index (χ2v) is 7.51. The molecule has 0 fully saturated rings. The van der Waals surface area contributed by atoms with Gasteiger partial charge in [0.05, 0.1) is 12.6 Å². The standard InChI is InChI=1S/C19H36N8O7/c20-8-2-1-4-11(21)16(31)25-10-14(28)26-12(5-3-9-24-19(22)23)17(32)27-13(18(33)34)6-7-15(29)30/h11-13H,1-10,20-21H2,(H,25,31)(H,26,28)(H,27,32)(H,29,30)(H,33,34)(H4,22,23,24). The zero-order valence-electron chi connectivity index (χ0n) is 19.0. The van der Waals surface area contributed by atoms with Crippen molar-refractivity contribution in [1.29, 1.82) is 0 Å². The van der Waals surface area contributed by atoms with Crippen LogP contribution in [-0.2, 0) is 24.0 Å². The lowest BCUT2D eigenvalue weighted by atomic mass is 10.1. The summed E-state index contributed by atoms with van der Waals surface area (Å²) < 4.78 is 0. The molecule has 13 N–H and O–H groups in total. The number of carboxylic acid groups (broad SMARTS) is 2. The number of carboxylic acids is 2. The molecule has 3 unspecified atom stereocenters. The molecule has 3 amide bonds. The summed E-state index contributed by atoms with van der Waals surface area (Å²) in [5, 5.41) is 25.0. The molecule has 0 aliphatic rings. The average Bonchev–Trinajstić information content (AvgIpc) is 2.76. The monoisotopic (exact) mass is 488 g/mol. The van der Waals surface area contributed by atoms with Gasteiger partial charge in [-0.2, -0.15) is 0 Å². The number of nitrogens with two attached hydrogens (primary N) is 4. The topological polar surface area (TPSA) is 278 Å². The van der Waals surface area contributed by atoms with Crippen LogP contribution in [0.25, 0.3) is 0 Å². The molecular weight excluding hydrogens is 452 g/mol. The van der Waals surface area contributed by atoms with E-state index < -0.39 is 60.8 Å². The molecule has 0 spiro atoms. The van der Waals surface area contributed by atoms with Crippen molar-refractivity contribution in [1.82, 2.24) is 16.0 Å². The lowest BCUT2D eigenvalue weighted by molar-refractivity contribution is -0.143. The van der Waals surface area contributed by atoms with Gasteiger partial charge in [-0.05, 0) is 38.6 Å². The highest BCUT2D eigenvalue weighted by Crippen LogP contribution is 2.03. The number of hydrogen-bond acceptors (Lipinski definition) is 8. The summed E-state index contributed by atoms with van der Waals surface area (Å²) in [6, 6.07) is -3.46. The van der Waals surface area contributed by atoms with Crippen molar-refractivity contribution >= 4 is 35.6 Å². The first kappa shape index (κ1) is 30.5. The second-order valence-electron chi connectivity index (χ2n) is 7.51. The minimum atomic E-state index is -1.47. The molecule has 194 valence electrons. The zero-order valence-corrected chi connectivity index (χ0v) is 19.0. The first-order chi connectivity index (χ1) is 16.0. The molecule has 0 aliphatic carbocycles. The van der Waals surface area contributed by atoms with E-state index in [9.17, 15) is 29.1 Å². The van der Waals surface area contributed by atoms with Crippen LogP contribution in [0.2, 0.25) is 0 Å². The third-order valence-corrected chi connectivity index (χ3v) is 4.59. The van der Waals surface area contributed by atoms with Crippen molar-refractivity contribution < 1.29 is 34.2 Å². The SMILES string of the molecule is NCCCCC(N)C(=O)NCC(=O)NC(CCCN=C(N)N)C(=O)NC(CCC(=O)O)C(=O)O. The van der Waals surface area contributed by atoms with Crippen molar-refractivity contribution in [3.63, 3.8) is 0 Å². The summed E-state index contributed by atoms with van der Waals surface area (Å²) in [7, 11) is 0. The van der Waals surface area contributed by atoms with Gasteiger partial charge in [0.25, 0.3) is 0 Å². The number of aliphatic carboxylic acids is 2. The fraction of sp³-hybridized carbons (Fsp3) is 0.684. The predicted octanol–water partition coefficient (Wildman–Crippen LogP) is -3.47. The first-order valence-corrected chi connectivity index (χ1v) is 10.8. The molecule has 0 aromatic heterocycles. The molecule has 15 heteroatoms. The lowest BCUT2D eigenvalue weighted by Crippen LogP contribution is -2.53. The van der Waals surface area contributed by atoms with E-state index in [1.54, 1.807) is 0 Å². The van der Waals surface area contributed by atoms with Crippen molar-refractivity contribution in [2.45, 2.75) is 63.1 Å². The van der Waals surface area contributed by atoms with E-state index in [0.29, 0.717) is 25.8 Å². The van der Waals surface area contributed by atoms with E-state index in [1.165, 1.54) is 0 Å². The largest absolute Gasteiger partial charge is 0.481 e. The molecule has 0 radical (unpaired) electrons. The van der Waals surface area contributed by atoms with Gasteiger partial charge in [0.15, 0.2) is 5.96 Å². The zero-order chi connectivity index (χ0) is 26.1. The van der Waals surface area contributed by atoms with Crippen LogP contribution in [0.1, 0.15) is 44.9 Å². The van der Waals surface area contributed by atoms with Gasteiger partial charge in [0.2, 0.25) is 17.7 Å². The highest BCUT2D eigenvalue weighted by molar-refractivity contribution is 5.92. The van der Waals surface area contributed by atoms with Gasteiger partial charge >= 0.3 is 11.9 Å². The van der Waals surface area contributed by atoms with Crippen molar-refractivity contribution in [2.75, 3.05) is 19.6 Å². The Morgan fingerprint density at radius 1 is 0.853 bits per heavy atom. The lowest BCUT2D eigenvalue weighted by Gasteiger charge is -2.21. The molecule has 0 saturated carbocycles. The summed E-state index contributed by atoms with van der Waals surface area (Å²) in [4.78, 5) is 62.8. The van der Waals surface area contributed by atoms with Crippen molar-refractivity contribution in [3.05, 3.63) is 0 Å². The first-order valence-electron chi connectivity index (χ1n) is 10.8. The van der Waals surface area contributed by atoms with Crippen LogP contribution in [0.4, 0.5) is 0 Å². The summed E-state index contributed by atoms with van der Waals surface area (Å²) in [5.41, 5.74) is 21.6. The fourth-order valence-electron chi connectivity index (χ4n) is 2.75. The van der Waals surface area contributed by atoms with Gasteiger partial charge in [0, 0.05) is 13.0 Å². The van der Waals surface area contributed by atoms with Gasteiger partial charge in [-0.25, -0.2) is 4.79 Å². The quantitative estimate of drug-likeness (QED) is 0.0519. The molecule has 15 nitrogen and oxygen atoms in total. The third kappa shape index (κ3) is 14.6. The summed E-state index contributed by atoms with van der Waals surface area (Å²) >= 11 is 0. The van der Waals surface area contributed by atoms with E-state index >= 15 is 0 Å². The molecule has 0 aromatic carbocycles. The highest BCUT2D eigenvalue weighted by Gasteiger charge is 2.27. The number of unbranched alkanes of at least 4 members (excludes halogenated alkanes) is 1. The Bertz CT molecular complexity index is 727. The van der Waals surface area contributed by atoms with Crippen LogP contribution < -0.4 is 38.9 Å². The van der Waals surface area contributed by atoms with Crippen LogP contribution in [0, 0.1) is 0 Å². The van der Waals surface area contributed by atoms with E-state index in [-0.39, 0.29) is 31.8 Å². The van der Waals surface area contributed by atoms with Crippen LogP contribution >= 0.6 is 0 Å². The second kappa shape index (κ2) is 17.1. The number of nitrogens with zero attached hydrogens (tertiary/aromatic N) is 1. The Morgan fingerprint density at radius 2 is 1.53 bits per heavy atom.